The van der Waals surface area contributed by atoms with Crippen molar-refractivity contribution in [3.8, 4) is 17.0 Å². The average molecular weight is 477 g/mol. The van der Waals surface area contributed by atoms with Gasteiger partial charge in [0, 0.05) is 36.8 Å². The van der Waals surface area contributed by atoms with Gasteiger partial charge in [-0.2, -0.15) is 0 Å². The minimum Gasteiger partial charge on any atom is -0.508 e. The molecule has 1 heterocycles. The number of aliphatic hydroxyl groups is 2. The third-order valence-corrected chi connectivity index (χ3v) is 7.32. The predicted octanol–water partition coefficient (Wildman–Crippen LogP) is 1.72. The topological polar surface area (TPSA) is 186 Å². The Labute approximate surface area is 199 Å². The number of aromatic nitrogens is 1. The van der Waals surface area contributed by atoms with E-state index in [0.717, 1.165) is 0 Å². The minimum atomic E-state index is -2.06. The molecule has 0 saturated heterocycles. The van der Waals surface area contributed by atoms with E-state index in [1.54, 1.807) is 30.5 Å². The van der Waals surface area contributed by atoms with Crippen LogP contribution in [-0.4, -0.2) is 50.5 Å². The number of carbonyl (C=O) groups excluding carboxylic acids is 3. The molecule has 3 aliphatic carbocycles. The number of nitrogen functional groups attached to an aromatic ring is 1. The number of anilines is 1. The van der Waals surface area contributed by atoms with E-state index >= 15 is 0 Å². The summed E-state index contributed by atoms with van der Waals surface area (Å²) in [6.45, 7) is 0. The van der Waals surface area contributed by atoms with E-state index in [4.69, 9.17) is 16.2 Å². The van der Waals surface area contributed by atoms with E-state index in [1.807, 2.05) is 0 Å². The third-order valence-electron chi connectivity index (χ3n) is 7.32. The smallest absolute Gasteiger partial charge is 0.255 e. The van der Waals surface area contributed by atoms with Crippen LogP contribution in [0.25, 0.3) is 17.0 Å². The summed E-state index contributed by atoms with van der Waals surface area (Å²) < 4.78 is 5.51. The Bertz CT molecular complexity index is 1380. The number of methoxy groups -OCH3 is 1. The Morgan fingerprint density at radius 3 is 2.57 bits per heavy atom. The number of amides is 1. The van der Waals surface area contributed by atoms with Crippen molar-refractivity contribution >= 4 is 28.9 Å². The number of ketones is 2. The van der Waals surface area contributed by atoms with Crippen molar-refractivity contribution in [1.29, 1.82) is 0 Å². The van der Waals surface area contributed by atoms with Crippen LogP contribution in [0.1, 0.15) is 24.0 Å². The Morgan fingerprint density at radius 1 is 1.20 bits per heavy atom. The van der Waals surface area contributed by atoms with Crippen molar-refractivity contribution in [2.75, 3.05) is 12.8 Å². The first kappa shape index (κ1) is 22.6. The lowest BCUT2D eigenvalue weighted by atomic mass is 9.59. The van der Waals surface area contributed by atoms with Gasteiger partial charge >= 0.3 is 0 Å². The number of rotatable bonds is 3. The maximum atomic E-state index is 13.9. The molecule has 0 aliphatic heterocycles. The summed E-state index contributed by atoms with van der Waals surface area (Å²) in [5, 5.41) is 33.0. The molecule has 1 aromatic heterocycles. The minimum absolute atomic E-state index is 0.000404. The molecule has 35 heavy (non-hydrogen) atoms. The number of hydrogen-bond donors (Lipinski definition) is 5. The standard InChI is InChI=1S/C25H23N3O7/c1-35-25-11(8-16(29)19(23(25)33)24(27)34)6-10-7-13-12(15-4-2-3-5-28-15)9-14(26)20(30)18(13)21(31)17(10)22(25)32/h2-5,9-11,30-31,33H,6-8,26H2,1H3,(H2,27,34)/t10-,11+,25+/m1/s1. The van der Waals surface area contributed by atoms with Crippen LogP contribution < -0.4 is 11.5 Å². The van der Waals surface area contributed by atoms with Crippen molar-refractivity contribution in [3.05, 3.63) is 58.5 Å². The molecule has 1 amide bonds. The molecule has 0 bridgehead atoms. The maximum Gasteiger partial charge on any atom is 0.255 e. The normalized spacial score (nSPS) is 25.7. The van der Waals surface area contributed by atoms with Gasteiger partial charge in [-0.3, -0.25) is 19.4 Å². The van der Waals surface area contributed by atoms with E-state index in [2.05, 4.69) is 4.98 Å². The van der Waals surface area contributed by atoms with E-state index < -0.39 is 52.0 Å². The van der Waals surface area contributed by atoms with Gasteiger partial charge in [0.2, 0.25) is 5.78 Å². The van der Waals surface area contributed by atoms with Crippen LogP contribution in [0.3, 0.4) is 0 Å². The molecular weight excluding hydrogens is 454 g/mol. The first-order valence-corrected chi connectivity index (χ1v) is 11.0. The van der Waals surface area contributed by atoms with Gasteiger partial charge in [0.15, 0.2) is 11.4 Å². The molecule has 0 unspecified atom stereocenters. The molecule has 0 radical (unpaired) electrons. The molecule has 1 fully saturated rings. The second kappa shape index (κ2) is 7.67. The molecule has 7 N–H and O–H groups in total. The Hall–Kier alpha value is -4.18. The average Bonchev–Trinajstić information content (AvgIpc) is 2.81. The van der Waals surface area contributed by atoms with E-state index in [-0.39, 0.29) is 41.8 Å². The Morgan fingerprint density at radius 2 is 1.94 bits per heavy atom. The lowest BCUT2D eigenvalue weighted by molar-refractivity contribution is -0.153. The number of phenols is 1. The first-order valence-electron chi connectivity index (χ1n) is 11.0. The Balaban J connectivity index is 1.76. The van der Waals surface area contributed by atoms with Gasteiger partial charge in [-0.1, -0.05) is 6.07 Å². The highest BCUT2D eigenvalue weighted by molar-refractivity contribution is 6.23. The second-order valence-electron chi connectivity index (χ2n) is 9.01. The molecular formula is C25H23N3O7. The summed E-state index contributed by atoms with van der Waals surface area (Å²) in [6, 6.07) is 6.87. The highest BCUT2D eigenvalue weighted by atomic mass is 16.5. The van der Waals surface area contributed by atoms with Crippen LogP contribution in [0.15, 0.2) is 47.4 Å². The molecule has 180 valence electrons. The molecule has 1 saturated carbocycles. The zero-order chi connectivity index (χ0) is 25.2. The molecule has 3 atom stereocenters. The summed E-state index contributed by atoms with van der Waals surface area (Å²) in [6.07, 6.45) is 1.79. The van der Waals surface area contributed by atoms with Gasteiger partial charge in [0.05, 0.1) is 16.9 Å². The van der Waals surface area contributed by atoms with Crippen LogP contribution in [0, 0.1) is 11.8 Å². The maximum absolute atomic E-state index is 13.9. The number of aliphatic hydroxyl groups excluding tert-OH is 2. The third kappa shape index (κ3) is 2.93. The second-order valence-corrected chi connectivity index (χ2v) is 9.01. The molecule has 2 aromatic rings. The number of phenolic OH excluding ortho intramolecular Hbond substituents is 1. The summed E-state index contributed by atoms with van der Waals surface area (Å²) in [4.78, 5) is 42.7. The number of aromatic hydroxyl groups is 1. The fourth-order valence-electron chi connectivity index (χ4n) is 5.80. The number of ether oxygens (including phenoxy) is 1. The Kier molecular flexibility index (Phi) is 4.95. The quantitative estimate of drug-likeness (QED) is 0.249. The van der Waals surface area contributed by atoms with Crippen LogP contribution in [-0.2, 0) is 25.5 Å². The monoisotopic (exact) mass is 477 g/mol. The number of nitrogens with two attached hydrogens (primary N) is 2. The fraction of sp³-hybridized carbons (Fsp3) is 0.280. The van der Waals surface area contributed by atoms with Crippen molar-refractivity contribution in [2.45, 2.75) is 24.9 Å². The largest absolute Gasteiger partial charge is 0.508 e. The van der Waals surface area contributed by atoms with Gasteiger partial charge in [-0.05, 0) is 42.5 Å². The molecule has 3 aliphatic rings. The predicted molar refractivity (Wildman–Crippen MR) is 124 cm³/mol. The highest BCUT2D eigenvalue weighted by Gasteiger charge is 2.61. The molecule has 10 heteroatoms. The number of hydrogen-bond acceptors (Lipinski definition) is 9. The summed E-state index contributed by atoms with van der Waals surface area (Å²) in [5.41, 5.74) is 10.2. The highest BCUT2D eigenvalue weighted by Crippen LogP contribution is 2.54. The number of pyridine rings is 1. The summed E-state index contributed by atoms with van der Waals surface area (Å²) in [5.74, 6) is -5.72. The van der Waals surface area contributed by atoms with Crippen molar-refractivity contribution in [3.63, 3.8) is 0 Å². The van der Waals surface area contributed by atoms with Gasteiger partial charge in [0.25, 0.3) is 5.91 Å². The van der Waals surface area contributed by atoms with Gasteiger partial charge in [-0.25, -0.2) is 0 Å². The van der Waals surface area contributed by atoms with Crippen LogP contribution in [0.5, 0.6) is 5.75 Å². The molecule has 0 spiro atoms. The number of nitrogens with zero attached hydrogens (tertiary/aromatic N) is 1. The summed E-state index contributed by atoms with van der Waals surface area (Å²) in [7, 11) is 1.18. The van der Waals surface area contributed by atoms with Crippen LogP contribution >= 0.6 is 0 Å². The van der Waals surface area contributed by atoms with Gasteiger partial charge in [0.1, 0.15) is 22.8 Å². The first-order chi connectivity index (χ1) is 16.6. The van der Waals surface area contributed by atoms with Gasteiger partial charge < -0.3 is 31.5 Å². The van der Waals surface area contributed by atoms with E-state index in [0.29, 0.717) is 16.8 Å². The van der Waals surface area contributed by atoms with E-state index in [1.165, 1.54) is 7.11 Å². The summed E-state index contributed by atoms with van der Waals surface area (Å²) >= 11 is 0. The van der Waals surface area contributed by atoms with Crippen molar-refractivity contribution < 1.29 is 34.4 Å². The van der Waals surface area contributed by atoms with Crippen molar-refractivity contribution in [1.82, 2.24) is 4.98 Å². The van der Waals surface area contributed by atoms with Gasteiger partial charge in [-0.15, -0.1) is 0 Å². The number of carbonyl (C=O) groups is 3. The zero-order valence-corrected chi connectivity index (χ0v) is 18.7. The number of benzene rings is 1. The number of fused-ring (bicyclic) bond motifs is 3. The zero-order valence-electron chi connectivity index (χ0n) is 18.7. The molecule has 5 rings (SSSR count). The lowest BCUT2D eigenvalue weighted by Gasteiger charge is -2.48. The number of Topliss-reactive ketones (excluding diaryl/α,β-unsaturated/α-hetero) is 2. The fourth-order valence-corrected chi connectivity index (χ4v) is 5.80. The van der Waals surface area contributed by atoms with E-state index in [9.17, 15) is 29.7 Å². The molecule has 1 aromatic carbocycles. The van der Waals surface area contributed by atoms with Crippen molar-refractivity contribution in [2.24, 2.45) is 17.6 Å². The van der Waals surface area contributed by atoms with Crippen LogP contribution in [0.2, 0.25) is 0 Å². The lowest BCUT2D eigenvalue weighted by Crippen LogP contribution is -2.59. The molecule has 10 nitrogen and oxygen atoms in total. The number of primary amides is 1. The SMILES string of the molecule is CO[C@]12C(=O)C3=C(O)c4c(O)c(N)cc(-c5ccccn5)c4C[C@H]3C[C@H]1CC(=O)C(C(N)=O)=C2O. The van der Waals surface area contributed by atoms with Crippen LogP contribution in [0.4, 0.5) is 5.69 Å².